The fourth-order valence-electron chi connectivity index (χ4n) is 3.64. The molecule has 6 nitrogen and oxygen atoms in total. The molecule has 25 heavy (non-hydrogen) atoms. The molecule has 0 saturated carbocycles. The highest BCUT2D eigenvalue weighted by Crippen LogP contribution is 2.36. The molecule has 0 spiro atoms. The van der Waals surface area contributed by atoms with Crippen LogP contribution in [0.25, 0.3) is 10.8 Å². The standard InChI is InChI=1S/C19H20N2O4/c22-10-2-7-21-18(23)14-4-1-3-13-16(20-8-11-25-12-9-20)6-5-15(17(13)14)19(21)24/h1,3-6,22H,2,7-12H2. The zero-order chi connectivity index (χ0) is 17.4. The van der Waals surface area contributed by atoms with Crippen LogP contribution in [0.3, 0.4) is 0 Å². The van der Waals surface area contributed by atoms with Crippen LogP contribution in [0, 0.1) is 0 Å². The van der Waals surface area contributed by atoms with Crippen LogP contribution < -0.4 is 4.90 Å². The van der Waals surface area contributed by atoms with Crippen LogP contribution in [0.1, 0.15) is 27.1 Å². The molecule has 4 rings (SSSR count). The van der Waals surface area contributed by atoms with E-state index in [0.717, 1.165) is 29.5 Å². The van der Waals surface area contributed by atoms with Crippen molar-refractivity contribution in [3.8, 4) is 0 Å². The van der Waals surface area contributed by atoms with Gasteiger partial charge in [-0.05, 0) is 24.6 Å². The van der Waals surface area contributed by atoms with Crippen molar-refractivity contribution in [2.24, 2.45) is 0 Å². The van der Waals surface area contributed by atoms with Gasteiger partial charge in [0.05, 0.1) is 13.2 Å². The molecule has 0 atom stereocenters. The number of nitrogens with zero attached hydrogens (tertiary/aromatic N) is 2. The molecule has 0 aliphatic carbocycles. The summed E-state index contributed by atoms with van der Waals surface area (Å²) in [6.07, 6.45) is 0.384. The third-order valence-corrected chi connectivity index (χ3v) is 4.86. The Morgan fingerprint density at radius 1 is 1.00 bits per heavy atom. The van der Waals surface area contributed by atoms with Gasteiger partial charge in [0.1, 0.15) is 0 Å². The molecule has 2 heterocycles. The molecule has 1 saturated heterocycles. The molecule has 2 aliphatic rings. The molecule has 0 unspecified atom stereocenters. The predicted molar refractivity (Wildman–Crippen MR) is 94.0 cm³/mol. The number of hydrogen-bond acceptors (Lipinski definition) is 5. The van der Waals surface area contributed by atoms with Gasteiger partial charge >= 0.3 is 0 Å². The highest BCUT2D eigenvalue weighted by atomic mass is 16.5. The smallest absolute Gasteiger partial charge is 0.261 e. The van der Waals surface area contributed by atoms with Crippen LogP contribution in [0.5, 0.6) is 0 Å². The van der Waals surface area contributed by atoms with Crippen LogP contribution in [0.15, 0.2) is 30.3 Å². The van der Waals surface area contributed by atoms with Gasteiger partial charge in [-0.15, -0.1) is 0 Å². The van der Waals surface area contributed by atoms with Gasteiger partial charge in [0.15, 0.2) is 0 Å². The van der Waals surface area contributed by atoms with E-state index in [4.69, 9.17) is 9.84 Å². The van der Waals surface area contributed by atoms with E-state index in [1.165, 1.54) is 4.90 Å². The summed E-state index contributed by atoms with van der Waals surface area (Å²) in [5.74, 6) is -0.564. The molecule has 0 bridgehead atoms. The maximum atomic E-state index is 12.8. The van der Waals surface area contributed by atoms with E-state index in [9.17, 15) is 9.59 Å². The van der Waals surface area contributed by atoms with Gasteiger partial charge in [-0.25, -0.2) is 0 Å². The summed E-state index contributed by atoms with van der Waals surface area (Å²) in [5.41, 5.74) is 2.15. The Balaban J connectivity index is 1.85. The summed E-state index contributed by atoms with van der Waals surface area (Å²) >= 11 is 0. The number of aliphatic hydroxyl groups excluding tert-OH is 1. The molecule has 1 N–H and O–H groups in total. The maximum absolute atomic E-state index is 12.8. The quantitative estimate of drug-likeness (QED) is 0.857. The fourth-order valence-corrected chi connectivity index (χ4v) is 3.64. The van der Waals surface area contributed by atoms with Gasteiger partial charge in [-0.2, -0.15) is 0 Å². The Hall–Kier alpha value is -2.44. The van der Waals surface area contributed by atoms with Crippen molar-refractivity contribution in [2.45, 2.75) is 6.42 Å². The Kier molecular flexibility index (Phi) is 4.15. The van der Waals surface area contributed by atoms with Crippen molar-refractivity contribution < 1.29 is 19.4 Å². The molecule has 6 heteroatoms. The first-order valence-electron chi connectivity index (χ1n) is 8.58. The number of ether oxygens (including phenoxy) is 1. The maximum Gasteiger partial charge on any atom is 0.261 e. The second kappa shape index (κ2) is 6.46. The van der Waals surface area contributed by atoms with Crippen LogP contribution in [0.2, 0.25) is 0 Å². The van der Waals surface area contributed by atoms with Crippen molar-refractivity contribution in [3.63, 3.8) is 0 Å². The van der Waals surface area contributed by atoms with Crippen LogP contribution in [-0.4, -0.2) is 61.3 Å². The number of amides is 2. The first kappa shape index (κ1) is 16.1. The Morgan fingerprint density at radius 3 is 2.44 bits per heavy atom. The Labute approximate surface area is 145 Å². The number of aliphatic hydroxyl groups is 1. The number of carbonyl (C=O) groups excluding carboxylic acids is 2. The molecule has 0 radical (unpaired) electrons. The van der Waals surface area contributed by atoms with E-state index in [1.54, 1.807) is 6.07 Å². The average molecular weight is 340 g/mol. The minimum atomic E-state index is -0.282. The predicted octanol–water partition coefficient (Wildman–Crippen LogP) is 1.65. The number of morpholine rings is 1. The molecule has 2 amide bonds. The van der Waals surface area contributed by atoms with E-state index in [-0.39, 0.29) is 25.0 Å². The number of imide groups is 1. The first-order valence-corrected chi connectivity index (χ1v) is 8.58. The molecule has 0 aromatic heterocycles. The van der Waals surface area contributed by atoms with Crippen molar-refractivity contribution in [2.75, 3.05) is 44.4 Å². The van der Waals surface area contributed by atoms with Crippen molar-refractivity contribution >= 4 is 28.3 Å². The molecule has 2 aliphatic heterocycles. The van der Waals surface area contributed by atoms with Gasteiger partial charge in [-0.1, -0.05) is 12.1 Å². The van der Waals surface area contributed by atoms with Crippen molar-refractivity contribution in [3.05, 3.63) is 41.5 Å². The molecule has 2 aromatic carbocycles. The number of anilines is 1. The van der Waals surface area contributed by atoms with Gasteiger partial charge in [0.2, 0.25) is 0 Å². The summed E-state index contributed by atoms with van der Waals surface area (Å²) in [4.78, 5) is 29.1. The summed E-state index contributed by atoms with van der Waals surface area (Å²) in [5, 5.41) is 10.7. The monoisotopic (exact) mass is 340 g/mol. The van der Waals surface area contributed by atoms with Crippen LogP contribution in [-0.2, 0) is 4.74 Å². The normalized spacial score (nSPS) is 17.5. The van der Waals surface area contributed by atoms with Gasteiger partial charge < -0.3 is 14.7 Å². The van der Waals surface area contributed by atoms with E-state index in [0.29, 0.717) is 30.8 Å². The molecular formula is C19H20N2O4. The SMILES string of the molecule is O=C1c2cccc3c(N4CCOCC4)ccc(c23)C(=O)N1CCCO. The highest BCUT2D eigenvalue weighted by molar-refractivity contribution is 6.26. The lowest BCUT2D eigenvalue weighted by molar-refractivity contribution is 0.0601. The molecule has 2 aromatic rings. The largest absolute Gasteiger partial charge is 0.396 e. The second-order valence-corrected chi connectivity index (χ2v) is 6.30. The van der Waals surface area contributed by atoms with Gasteiger partial charge in [0.25, 0.3) is 11.8 Å². The lowest BCUT2D eigenvalue weighted by Gasteiger charge is -2.32. The number of benzene rings is 2. The van der Waals surface area contributed by atoms with E-state index in [2.05, 4.69) is 4.90 Å². The molecule has 1 fully saturated rings. The highest BCUT2D eigenvalue weighted by Gasteiger charge is 2.33. The van der Waals surface area contributed by atoms with Crippen molar-refractivity contribution in [1.29, 1.82) is 0 Å². The summed E-state index contributed by atoms with van der Waals surface area (Å²) < 4.78 is 5.42. The lowest BCUT2D eigenvalue weighted by Crippen LogP contribution is -2.41. The fraction of sp³-hybridized carbons (Fsp3) is 0.368. The first-order chi connectivity index (χ1) is 12.2. The van der Waals surface area contributed by atoms with E-state index in [1.807, 2.05) is 24.3 Å². The summed E-state index contributed by atoms with van der Waals surface area (Å²) in [6, 6.07) is 9.39. The molecular weight excluding hydrogens is 320 g/mol. The third-order valence-electron chi connectivity index (χ3n) is 4.86. The topological polar surface area (TPSA) is 70.1 Å². The minimum absolute atomic E-state index is 0.0515. The van der Waals surface area contributed by atoms with Gasteiger partial charge in [-0.3, -0.25) is 14.5 Å². The molecule has 130 valence electrons. The van der Waals surface area contributed by atoms with Gasteiger partial charge in [0, 0.05) is 53.8 Å². The third kappa shape index (κ3) is 2.58. The summed E-state index contributed by atoms with van der Waals surface area (Å²) in [7, 11) is 0. The number of hydrogen-bond donors (Lipinski definition) is 1. The van der Waals surface area contributed by atoms with E-state index >= 15 is 0 Å². The second-order valence-electron chi connectivity index (χ2n) is 6.30. The number of rotatable bonds is 4. The Bertz CT molecular complexity index is 820. The van der Waals surface area contributed by atoms with E-state index < -0.39 is 0 Å². The number of carbonyl (C=O) groups is 2. The minimum Gasteiger partial charge on any atom is -0.396 e. The zero-order valence-corrected chi connectivity index (χ0v) is 13.9. The summed E-state index contributed by atoms with van der Waals surface area (Å²) in [6.45, 7) is 3.12. The average Bonchev–Trinajstić information content (AvgIpc) is 2.66. The van der Waals surface area contributed by atoms with Crippen LogP contribution >= 0.6 is 0 Å². The lowest BCUT2D eigenvalue weighted by atomic mass is 9.92. The van der Waals surface area contributed by atoms with Crippen molar-refractivity contribution in [1.82, 2.24) is 4.90 Å². The van der Waals surface area contributed by atoms with Crippen LogP contribution in [0.4, 0.5) is 5.69 Å². The Morgan fingerprint density at radius 2 is 1.72 bits per heavy atom. The zero-order valence-electron chi connectivity index (χ0n) is 13.9.